The lowest BCUT2D eigenvalue weighted by Gasteiger charge is -2.11. The highest BCUT2D eigenvalue weighted by Crippen LogP contribution is 2.13. The fourth-order valence-corrected chi connectivity index (χ4v) is 1.19. The van der Waals surface area contributed by atoms with Gasteiger partial charge >= 0.3 is 0 Å². The molecule has 0 N–H and O–H groups in total. The van der Waals surface area contributed by atoms with E-state index in [-0.39, 0.29) is 0 Å². The first-order valence-electron chi connectivity index (χ1n) is 4.91. The van der Waals surface area contributed by atoms with E-state index in [9.17, 15) is 0 Å². The third-order valence-corrected chi connectivity index (χ3v) is 2.01. The largest absolute Gasteiger partial charge is 0.309 e. The molecule has 0 aliphatic heterocycles. The summed E-state index contributed by atoms with van der Waals surface area (Å²) in [4.78, 5) is 2.17. The van der Waals surface area contributed by atoms with Crippen LogP contribution in [0.4, 0.5) is 0 Å². The molecule has 0 saturated heterocycles. The van der Waals surface area contributed by atoms with Gasteiger partial charge in [0.2, 0.25) is 0 Å². The summed E-state index contributed by atoms with van der Waals surface area (Å²) in [5, 5.41) is 0. The summed E-state index contributed by atoms with van der Waals surface area (Å²) in [5.74, 6) is 0. The molecule has 0 fully saturated rings. The van der Waals surface area contributed by atoms with Crippen molar-refractivity contribution in [2.45, 2.75) is 13.3 Å². The van der Waals surface area contributed by atoms with Gasteiger partial charge in [-0.05, 0) is 38.6 Å². The Kier molecular flexibility index (Phi) is 6.77. The predicted octanol–water partition coefficient (Wildman–Crippen LogP) is 3.18. The quantitative estimate of drug-likeness (QED) is 0.583. The highest BCUT2D eigenvalue weighted by atomic mass is 15.0. The zero-order chi connectivity index (χ0) is 11.0. The molecule has 0 saturated carbocycles. The summed E-state index contributed by atoms with van der Waals surface area (Å²) in [6.45, 7) is 10.7. The third kappa shape index (κ3) is 4.83. The molecule has 0 amide bonds. The average molecular weight is 191 g/mol. The summed E-state index contributed by atoms with van der Waals surface area (Å²) >= 11 is 0. The number of allylic oxidation sites excluding steroid dienone is 5. The van der Waals surface area contributed by atoms with Crippen LogP contribution in [0.2, 0.25) is 0 Å². The summed E-state index contributed by atoms with van der Waals surface area (Å²) in [7, 11) is 4.15. The van der Waals surface area contributed by atoms with E-state index in [1.807, 2.05) is 25.2 Å². The molecule has 0 unspecified atom stereocenters. The van der Waals surface area contributed by atoms with E-state index in [1.165, 1.54) is 11.1 Å². The normalized spacial score (nSPS) is 13.1. The van der Waals surface area contributed by atoms with Gasteiger partial charge in [0.1, 0.15) is 0 Å². The van der Waals surface area contributed by atoms with Crippen LogP contribution in [0.25, 0.3) is 0 Å². The maximum Gasteiger partial charge on any atom is 0.00159 e. The van der Waals surface area contributed by atoms with Crippen LogP contribution in [0.3, 0.4) is 0 Å². The molecule has 0 aromatic heterocycles. The highest BCUT2D eigenvalue weighted by molar-refractivity contribution is 5.39. The molecule has 1 nitrogen and oxygen atoms in total. The first kappa shape index (κ1) is 12.9. The van der Waals surface area contributed by atoms with Crippen molar-refractivity contribution in [3.8, 4) is 0 Å². The molecule has 1 heteroatoms. The van der Waals surface area contributed by atoms with Crippen molar-refractivity contribution in [3.63, 3.8) is 0 Å². The van der Waals surface area contributed by atoms with Crippen LogP contribution < -0.4 is 0 Å². The minimum atomic E-state index is 1.02. The number of nitrogens with zero attached hydrogens (tertiary/aromatic N) is 1. The van der Waals surface area contributed by atoms with Crippen molar-refractivity contribution in [1.29, 1.82) is 0 Å². The minimum Gasteiger partial charge on any atom is -0.309 e. The monoisotopic (exact) mass is 191 g/mol. The fraction of sp³-hybridized carbons (Fsp3) is 0.385. The molecule has 0 aliphatic rings. The van der Waals surface area contributed by atoms with Crippen molar-refractivity contribution >= 4 is 0 Å². The van der Waals surface area contributed by atoms with Crippen molar-refractivity contribution in [3.05, 3.63) is 48.6 Å². The lowest BCUT2D eigenvalue weighted by Crippen LogP contribution is -2.13. The topological polar surface area (TPSA) is 3.24 Å². The van der Waals surface area contributed by atoms with Gasteiger partial charge in [0, 0.05) is 6.54 Å². The lowest BCUT2D eigenvalue weighted by atomic mass is 10.0. The van der Waals surface area contributed by atoms with Crippen LogP contribution >= 0.6 is 0 Å². The molecule has 0 aromatic rings. The van der Waals surface area contributed by atoms with Gasteiger partial charge < -0.3 is 4.90 Å². The van der Waals surface area contributed by atoms with Gasteiger partial charge in [-0.1, -0.05) is 37.5 Å². The molecular weight excluding hydrogens is 170 g/mol. The molecule has 0 spiro atoms. The Hall–Kier alpha value is -1.08. The van der Waals surface area contributed by atoms with Crippen LogP contribution in [0, 0.1) is 0 Å². The van der Waals surface area contributed by atoms with Gasteiger partial charge in [0.05, 0.1) is 0 Å². The zero-order valence-corrected chi connectivity index (χ0v) is 9.59. The molecular formula is C13H21N. The Labute approximate surface area is 88.1 Å². The van der Waals surface area contributed by atoms with E-state index in [1.54, 1.807) is 0 Å². The van der Waals surface area contributed by atoms with Crippen LogP contribution in [-0.2, 0) is 0 Å². The molecule has 0 heterocycles. The molecule has 78 valence electrons. The molecule has 0 rings (SSSR count). The van der Waals surface area contributed by atoms with E-state index in [4.69, 9.17) is 0 Å². The standard InChI is InChI=1S/C13H21N/c1-6-9-12(7-2)13(8-3)10-11-14(4)5/h6-9H,2-3,10-11H2,1,4-5H3/b9-6-,13-12-. The number of hydrogen-bond acceptors (Lipinski definition) is 1. The van der Waals surface area contributed by atoms with Gasteiger partial charge in [-0.25, -0.2) is 0 Å². The first-order valence-corrected chi connectivity index (χ1v) is 4.91. The van der Waals surface area contributed by atoms with E-state index < -0.39 is 0 Å². The smallest absolute Gasteiger partial charge is 0.00159 e. The first-order chi connectivity index (χ1) is 6.65. The van der Waals surface area contributed by atoms with Gasteiger partial charge in [0.15, 0.2) is 0 Å². The number of rotatable bonds is 6. The zero-order valence-electron chi connectivity index (χ0n) is 9.59. The van der Waals surface area contributed by atoms with Crippen molar-refractivity contribution in [2.24, 2.45) is 0 Å². The Morgan fingerprint density at radius 1 is 1.21 bits per heavy atom. The van der Waals surface area contributed by atoms with E-state index in [2.05, 4.69) is 38.2 Å². The molecule has 0 bridgehead atoms. The Morgan fingerprint density at radius 3 is 2.21 bits per heavy atom. The molecule has 0 aliphatic carbocycles. The van der Waals surface area contributed by atoms with Crippen LogP contribution in [0.15, 0.2) is 48.6 Å². The summed E-state index contributed by atoms with van der Waals surface area (Å²) in [6, 6.07) is 0. The number of hydrogen-bond donors (Lipinski definition) is 0. The Morgan fingerprint density at radius 2 is 1.86 bits per heavy atom. The fourth-order valence-electron chi connectivity index (χ4n) is 1.19. The second kappa shape index (κ2) is 7.34. The van der Waals surface area contributed by atoms with Gasteiger partial charge in [-0.15, -0.1) is 0 Å². The van der Waals surface area contributed by atoms with Crippen molar-refractivity contribution in [1.82, 2.24) is 4.90 Å². The molecule has 0 atom stereocenters. The van der Waals surface area contributed by atoms with Crippen molar-refractivity contribution in [2.75, 3.05) is 20.6 Å². The van der Waals surface area contributed by atoms with E-state index >= 15 is 0 Å². The van der Waals surface area contributed by atoms with Crippen LogP contribution in [0.5, 0.6) is 0 Å². The third-order valence-electron chi connectivity index (χ3n) is 2.01. The second-order valence-corrected chi connectivity index (χ2v) is 3.44. The van der Waals surface area contributed by atoms with Gasteiger partial charge in [-0.3, -0.25) is 0 Å². The second-order valence-electron chi connectivity index (χ2n) is 3.44. The van der Waals surface area contributed by atoms with Crippen molar-refractivity contribution < 1.29 is 0 Å². The molecule has 0 radical (unpaired) electrons. The molecule has 0 aromatic carbocycles. The summed E-state index contributed by atoms with van der Waals surface area (Å²) < 4.78 is 0. The Bertz CT molecular complexity index is 244. The van der Waals surface area contributed by atoms with Gasteiger partial charge in [-0.2, -0.15) is 0 Å². The summed E-state index contributed by atoms with van der Waals surface area (Å²) in [5.41, 5.74) is 2.43. The molecule has 14 heavy (non-hydrogen) atoms. The maximum atomic E-state index is 3.83. The SMILES string of the molecule is C=CC(/C=C\C)=C(\C=C)CCN(C)C. The Balaban J connectivity index is 4.62. The summed E-state index contributed by atoms with van der Waals surface area (Å²) in [6.07, 6.45) is 8.91. The highest BCUT2D eigenvalue weighted by Gasteiger charge is 1.98. The average Bonchev–Trinajstić information content (AvgIpc) is 2.16. The minimum absolute atomic E-state index is 1.02. The van der Waals surface area contributed by atoms with E-state index in [0.717, 1.165) is 13.0 Å². The van der Waals surface area contributed by atoms with Crippen LogP contribution in [-0.4, -0.2) is 25.5 Å². The van der Waals surface area contributed by atoms with Crippen LogP contribution in [0.1, 0.15) is 13.3 Å². The van der Waals surface area contributed by atoms with E-state index in [0.29, 0.717) is 0 Å². The lowest BCUT2D eigenvalue weighted by molar-refractivity contribution is 0.414. The maximum absolute atomic E-state index is 3.83. The predicted molar refractivity (Wildman–Crippen MR) is 65.4 cm³/mol. The van der Waals surface area contributed by atoms with Gasteiger partial charge in [0.25, 0.3) is 0 Å².